The summed E-state index contributed by atoms with van der Waals surface area (Å²) in [7, 11) is 1.44. The minimum Gasteiger partial charge on any atom is -0.382 e. The minimum absolute atomic E-state index is 0.0106. The number of carbonyl (C=O) groups excluding carboxylic acids is 2. The monoisotopic (exact) mass is 284 g/mol. The van der Waals surface area contributed by atoms with Crippen LogP contribution in [-0.2, 0) is 14.3 Å². The average Bonchev–Trinajstić information content (AvgIpc) is 3.07. The van der Waals surface area contributed by atoms with Gasteiger partial charge in [0.25, 0.3) is 5.91 Å². The van der Waals surface area contributed by atoms with Crippen molar-refractivity contribution < 1.29 is 18.7 Å². The lowest BCUT2D eigenvalue weighted by molar-refractivity contribution is -0.145. The van der Waals surface area contributed by atoms with E-state index in [1.165, 1.54) is 12.0 Å². The third kappa shape index (κ3) is 2.44. The number of nitrogens with zero attached hydrogens (tertiary/aromatic N) is 1. The summed E-state index contributed by atoms with van der Waals surface area (Å²) in [5.41, 5.74) is 4.81. The minimum atomic E-state index is -1.21. The number of halogens is 1. The van der Waals surface area contributed by atoms with Crippen molar-refractivity contribution in [3.8, 4) is 0 Å². The van der Waals surface area contributed by atoms with Gasteiger partial charge in [0.1, 0.15) is 5.54 Å². The van der Waals surface area contributed by atoms with Crippen LogP contribution in [0.25, 0.3) is 0 Å². The van der Waals surface area contributed by atoms with Crippen LogP contribution < -0.4 is 5.73 Å². The van der Waals surface area contributed by atoms with Crippen LogP contribution in [0.4, 0.5) is 4.39 Å². The largest absolute Gasteiger partial charge is 0.382 e. The Morgan fingerprint density at radius 3 is 2.55 bits per heavy atom. The van der Waals surface area contributed by atoms with Crippen molar-refractivity contribution in [1.29, 1.82) is 0 Å². The SMILES string of the molecule is COCC1(C(N)=O)CCCN1C(=O)C(F)=C1CCCC1. The lowest BCUT2D eigenvalue weighted by Crippen LogP contribution is -2.59. The Morgan fingerprint density at radius 2 is 2.00 bits per heavy atom. The molecule has 1 aliphatic heterocycles. The number of amides is 2. The van der Waals surface area contributed by atoms with Crippen molar-refractivity contribution in [3.63, 3.8) is 0 Å². The van der Waals surface area contributed by atoms with Gasteiger partial charge in [-0.15, -0.1) is 0 Å². The van der Waals surface area contributed by atoms with Crippen LogP contribution >= 0.6 is 0 Å². The van der Waals surface area contributed by atoms with Gasteiger partial charge < -0.3 is 15.4 Å². The third-order valence-corrected chi connectivity index (χ3v) is 4.28. The molecule has 1 unspecified atom stereocenters. The fraction of sp³-hybridized carbons (Fsp3) is 0.714. The van der Waals surface area contributed by atoms with Gasteiger partial charge in [-0.2, -0.15) is 0 Å². The molecule has 0 bridgehead atoms. The van der Waals surface area contributed by atoms with Crippen LogP contribution in [0.3, 0.4) is 0 Å². The lowest BCUT2D eigenvalue weighted by atomic mass is 9.96. The van der Waals surface area contributed by atoms with Crippen molar-refractivity contribution >= 4 is 11.8 Å². The second-order valence-corrected chi connectivity index (χ2v) is 5.51. The molecular weight excluding hydrogens is 263 g/mol. The fourth-order valence-electron chi connectivity index (χ4n) is 3.18. The van der Waals surface area contributed by atoms with Crippen molar-refractivity contribution in [2.24, 2.45) is 5.73 Å². The molecule has 1 saturated heterocycles. The lowest BCUT2D eigenvalue weighted by Gasteiger charge is -2.34. The van der Waals surface area contributed by atoms with Gasteiger partial charge >= 0.3 is 0 Å². The third-order valence-electron chi connectivity index (χ3n) is 4.28. The number of likely N-dealkylation sites (tertiary alicyclic amines) is 1. The molecule has 0 aromatic carbocycles. The van der Waals surface area contributed by atoms with E-state index in [0.29, 0.717) is 37.8 Å². The van der Waals surface area contributed by atoms with Crippen molar-refractivity contribution in [2.75, 3.05) is 20.3 Å². The highest BCUT2D eigenvalue weighted by Crippen LogP contribution is 2.34. The first-order valence-corrected chi connectivity index (χ1v) is 7.01. The first kappa shape index (κ1) is 15.0. The van der Waals surface area contributed by atoms with E-state index in [9.17, 15) is 14.0 Å². The molecule has 1 heterocycles. The van der Waals surface area contributed by atoms with Gasteiger partial charge in [-0.3, -0.25) is 9.59 Å². The van der Waals surface area contributed by atoms with Crippen LogP contribution in [0.15, 0.2) is 11.4 Å². The summed E-state index contributed by atoms with van der Waals surface area (Å²) in [6.07, 6.45) is 4.12. The molecular formula is C14H21FN2O3. The van der Waals surface area contributed by atoms with Gasteiger partial charge in [-0.1, -0.05) is 0 Å². The standard InChI is InChI=1S/C14H21FN2O3/c1-20-9-14(13(16)19)7-4-8-17(14)12(18)11(15)10-5-2-3-6-10/h2-9H2,1H3,(H2,16,19). The number of nitrogens with two attached hydrogens (primary N) is 1. The van der Waals surface area contributed by atoms with E-state index in [4.69, 9.17) is 10.5 Å². The summed E-state index contributed by atoms with van der Waals surface area (Å²) >= 11 is 0. The predicted molar refractivity (Wildman–Crippen MR) is 71.4 cm³/mol. The van der Waals surface area contributed by atoms with Crippen LogP contribution in [-0.4, -0.2) is 42.5 Å². The summed E-state index contributed by atoms with van der Waals surface area (Å²) < 4.78 is 19.3. The Hall–Kier alpha value is -1.43. The van der Waals surface area contributed by atoms with E-state index in [1.54, 1.807) is 0 Å². The van der Waals surface area contributed by atoms with Gasteiger partial charge in [0.15, 0.2) is 5.83 Å². The number of rotatable bonds is 4. The molecule has 2 N–H and O–H groups in total. The summed E-state index contributed by atoms with van der Waals surface area (Å²) in [5, 5.41) is 0. The summed E-state index contributed by atoms with van der Waals surface area (Å²) in [6.45, 7) is 0.350. The average molecular weight is 284 g/mol. The van der Waals surface area contributed by atoms with Crippen LogP contribution in [0.1, 0.15) is 38.5 Å². The number of carbonyl (C=O) groups is 2. The Kier molecular flexibility index (Phi) is 4.42. The van der Waals surface area contributed by atoms with Gasteiger partial charge in [-0.05, 0) is 44.1 Å². The first-order valence-electron chi connectivity index (χ1n) is 7.01. The van der Waals surface area contributed by atoms with Gasteiger partial charge in [0, 0.05) is 13.7 Å². The molecule has 1 atom stereocenters. The molecule has 0 aromatic rings. The van der Waals surface area contributed by atoms with Crippen LogP contribution in [0.5, 0.6) is 0 Å². The van der Waals surface area contributed by atoms with E-state index < -0.39 is 23.2 Å². The molecule has 0 aromatic heterocycles. The first-order chi connectivity index (χ1) is 9.53. The molecule has 112 valence electrons. The molecule has 2 rings (SSSR count). The number of ether oxygens (including phenoxy) is 1. The molecule has 0 spiro atoms. The Morgan fingerprint density at radius 1 is 1.35 bits per heavy atom. The number of hydrogen-bond donors (Lipinski definition) is 1. The number of methoxy groups -OCH3 is 1. The highest BCUT2D eigenvalue weighted by atomic mass is 19.1. The summed E-state index contributed by atoms with van der Waals surface area (Å²) in [6, 6.07) is 0. The molecule has 20 heavy (non-hydrogen) atoms. The normalized spacial score (nSPS) is 26.1. The topological polar surface area (TPSA) is 72.6 Å². The summed E-state index contributed by atoms with van der Waals surface area (Å²) in [4.78, 5) is 25.4. The number of primary amides is 1. The Labute approximate surface area is 117 Å². The molecule has 2 fully saturated rings. The maximum atomic E-state index is 14.3. The maximum absolute atomic E-state index is 14.3. The van der Waals surface area contributed by atoms with Gasteiger partial charge in [0.2, 0.25) is 5.91 Å². The molecule has 1 aliphatic carbocycles. The van der Waals surface area contributed by atoms with Gasteiger partial charge in [-0.25, -0.2) is 4.39 Å². The number of allylic oxidation sites excluding steroid dienone is 1. The molecule has 1 saturated carbocycles. The van der Waals surface area contributed by atoms with E-state index in [0.717, 1.165) is 12.8 Å². The van der Waals surface area contributed by atoms with E-state index in [1.807, 2.05) is 0 Å². The van der Waals surface area contributed by atoms with Crippen LogP contribution in [0, 0.1) is 0 Å². The predicted octanol–water partition coefficient (Wildman–Crippen LogP) is 1.28. The van der Waals surface area contributed by atoms with E-state index in [-0.39, 0.29) is 6.61 Å². The fourth-order valence-corrected chi connectivity index (χ4v) is 3.18. The second-order valence-electron chi connectivity index (χ2n) is 5.51. The molecule has 6 heteroatoms. The maximum Gasteiger partial charge on any atom is 0.283 e. The van der Waals surface area contributed by atoms with Crippen LogP contribution in [0.2, 0.25) is 0 Å². The smallest absolute Gasteiger partial charge is 0.283 e. The van der Waals surface area contributed by atoms with E-state index in [2.05, 4.69) is 0 Å². The quantitative estimate of drug-likeness (QED) is 0.790. The molecule has 2 amide bonds. The Balaban J connectivity index is 2.27. The summed E-state index contributed by atoms with van der Waals surface area (Å²) in [5.74, 6) is -2.05. The molecule has 5 nitrogen and oxygen atoms in total. The zero-order valence-corrected chi connectivity index (χ0v) is 11.8. The molecule has 2 aliphatic rings. The second kappa shape index (κ2) is 5.91. The van der Waals surface area contributed by atoms with Crippen molar-refractivity contribution in [3.05, 3.63) is 11.4 Å². The molecule has 0 radical (unpaired) electrons. The number of hydrogen-bond acceptors (Lipinski definition) is 3. The Bertz CT molecular complexity index is 442. The van der Waals surface area contributed by atoms with Crippen molar-refractivity contribution in [2.45, 2.75) is 44.1 Å². The zero-order valence-electron chi connectivity index (χ0n) is 11.8. The highest BCUT2D eigenvalue weighted by molar-refractivity contribution is 5.98. The van der Waals surface area contributed by atoms with Gasteiger partial charge in [0.05, 0.1) is 6.61 Å². The van der Waals surface area contributed by atoms with Crippen molar-refractivity contribution in [1.82, 2.24) is 4.90 Å². The highest BCUT2D eigenvalue weighted by Gasteiger charge is 2.49. The van der Waals surface area contributed by atoms with E-state index >= 15 is 0 Å². The zero-order chi connectivity index (χ0) is 14.8.